The molecule has 0 saturated carbocycles. The summed E-state index contributed by atoms with van der Waals surface area (Å²) in [6, 6.07) is 14.5. The molecule has 4 heteroatoms. The van der Waals surface area contributed by atoms with E-state index >= 15 is 0 Å². The van der Waals surface area contributed by atoms with E-state index in [1.54, 1.807) is 7.11 Å². The molecule has 1 amide bonds. The number of carbonyl (C=O) groups excluding carboxylic acids is 1. The molecule has 1 N–H and O–H groups in total. The Morgan fingerprint density at radius 2 is 2.08 bits per heavy atom. The summed E-state index contributed by atoms with van der Waals surface area (Å²) in [6.07, 6.45) is 2.50. The van der Waals surface area contributed by atoms with Gasteiger partial charge in [-0.3, -0.25) is 4.79 Å². The van der Waals surface area contributed by atoms with Crippen molar-refractivity contribution in [1.82, 2.24) is 5.32 Å². The van der Waals surface area contributed by atoms with Crippen LogP contribution in [0.3, 0.4) is 0 Å². The number of methoxy groups -OCH3 is 1. The second kappa shape index (κ2) is 8.06. The van der Waals surface area contributed by atoms with Crippen LogP contribution in [-0.4, -0.2) is 32.7 Å². The van der Waals surface area contributed by atoms with Gasteiger partial charge in [0.25, 0.3) is 0 Å². The predicted octanol–water partition coefficient (Wildman–Crippen LogP) is 3.12. The van der Waals surface area contributed by atoms with Crippen LogP contribution in [0.25, 0.3) is 0 Å². The molecule has 0 aliphatic carbocycles. The van der Waals surface area contributed by atoms with Crippen LogP contribution in [0.2, 0.25) is 0 Å². The van der Waals surface area contributed by atoms with E-state index in [1.807, 2.05) is 25.1 Å². The summed E-state index contributed by atoms with van der Waals surface area (Å²) in [6.45, 7) is 4.78. The van der Waals surface area contributed by atoms with E-state index in [4.69, 9.17) is 4.74 Å². The second-order valence-electron chi connectivity index (χ2n) is 6.55. The Morgan fingerprint density at radius 1 is 1.24 bits per heavy atom. The Kier molecular flexibility index (Phi) is 5.59. The van der Waals surface area contributed by atoms with Crippen molar-refractivity contribution in [1.29, 1.82) is 0 Å². The molecule has 1 aliphatic heterocycles. The highest BCUT2D eigenvalue weighted by molar-refractivity contribution is 5.78. The predicted molar refractivity (Wildman–Crippen MR) is 101 cm³/mol. The van der Waals surface area contributed by atoms with Crippen LogP contribution in [0.4, 0.5) is 5.69 Å². The molecule has 0 aromatic heterocycles. The van der Waals surface area contributed by atoms with E-state index in [9.17, 15) is 4.79 Å². The van der Waals surface area contributed by atoms with Crippen molar-refractivity contribution >= 4 is 11.6 Å². The van der Waals surface area contributed by atoms with E-state index in [2.05, 4.69) is 34.5 Å². The van der Waals surface area contributed by atoms with Gasteiger partial charge >= 0.3 is 0 Å². The first-order chi connectivity index (χ1) is 12.2. The number of amides is 1. The number of aryl methyl sites for hydroxylation is 1. The van der Waals surface area contributed by atoms with E-state index in [0.29, 0.717) is 13.0 Å². The Bertz CT molecular complexity index is 742. The summed E-state index contributed by atoms with van der Waals surface area (Å²) >= 11 is 0. The van der Waals surface area contributed by atoms with Crippen molar-refractivity contribution in [2.75, 3.05) is 31.6 Å². The van der Waals surface area contributed by atoms with Crippen molar-refractivity contribution < 1.29 is 9.53 Å². The molecule has 25 heavy (non-hydrogen) atoms. The third kappa shape index (κ3) is 4.32. The first kappa shape index (κ1) is 17.3. The number of rotatable bonds is 7. The first-order valence-corrected chi connectivity index (χ1v) is 8.90. The van der Waals surface area contributed by atoms with Gasteiger partial charge in [0.2, 0.25) is 5.91 Å². The summed E-state index contributed by atoms with van der Waals surface area (Å²) in [5, 5.41) is 3.03. The Balaban J connectivity index is 1.41. The zero-order valence-electron chi connectivity index (χ0n) is 15.0. The van der Waals surface area contributed by atoms with Crippen molar-refractivity contribution in [3.8, 4) is 5.75 Å². The summed E-state index contributed by atoms with van der Waals surface area (Å²) in [5.74, 6) is 0.932. The number of anilines is 1. The SMILES string of the molecule is COc1ccc(CC(=O)NCCCN2CCc3ccccc32)cc1C. The normalized spacial score (nSPS) is 12.8. The van der Waals surface area contributed by atoms with Gasteiger partial charge in [-0.15, -0.1) is 0 Å². The van der Waals surface area contributed by atoms with Gasteiger partial charge in [0.15, 0.2) is 0 Å². The standard InChI is InChI=1S/C21H26N2O2/c1-16-14-17(8-9-20(16)25-2)15-21(24)22-11-5-12-23-13-10-18-6-3-4-7-19(18)23/h3-4,6-9,14H,5,10-13,15H2,1-2H3,(H,22,24). The fourth-order valence-electron chi connectivity index (χ4n) is 3.43. The van der Waals surface area contributed by atoms with Crippen molar-refractivity contribution in [2.45, 2.75) is 26.2 Å². The van der Waals surface area contributed by atoms with Gasteiger partial charge in [-0.05, 0) is 48.6 Å². The van der Waals surface area contributed by atoms with Crippen molar-refractivity contribution in [2.24, 2.45) is 0 Å². The quantitative estimate of drug-likeness (QED) is 0.789. The minimum absolute atomic E-state index is 0.0754. The van der Waals surface area contributed by atoms with Gasteiger partial charge in [-0.1, -0.05) is 30.3 Å². The molecule has 0 unspecified atom stereocenters. The molecule has 2 aromatic rings. The molecule has 0 spiro atoms. The van der Waals surface area contributed by atoms with Gasteiger partial charge in [-0.25, -0.2) is 0 Å². The monoisotopic (exact) mass is 338 g/mol. The molecule has 3 rings (SSSR count). The second-order valence-corrected chi connectivity index (χ2v) is 6.55. The van der Waals surface area contributed by atoms with Crippen molar-refractivity contribution in [3.05, 3.63) is 59.2 Å². The highest BCUT2D eigenvalue weighted by Crippen LogP contribution is 2.27. The minimum atomic E-state index is 0.0754. The topological polar surface area (TPSA) is 41.6 Å². The lowest BCUT2D eigenvalue weighted by atomic mass is 10.1. The summed E-state index contributed by atoms with van der Waals surface area (Å²) in [7, 11) is 1.66. The lowest BCUT2D eigenvalue weighted by Crippen LogP contribution is -2.30. The van der Waals surface area contributed by atoms with Crippen LogP contribution in [0.1, 0.15) is 23.1 Å². The van der Waals surface area contributed by atoms with Crippen LogP contribution in [-0.2, 0) is 17.6 Å². The van der Waals surface area contributed by atoms with Gasteiger partial charge in [0, 0.05) is 25.3 Å². The van der Waals surface area contributed by atoms with Gasteiger partial charge in [0.1, 0.15) is 5.75 Å². The van der Waals surface area contributed by atoms with E-state index in [1.165, 1.54) is 11.3 Å². The lowest BCUT2D eigenvalue weighted by molar-refractivity contribution is -0.120. The molecule has 0 atom stereocenters. The number of ether oxygens (including phenoxy) is 1. The molecule has 0 fully saturated rings. The van der Waals surface area contributed by atoms with E-state index < -0.39 is 0 Å². The average molecular weight is 338 g/mol. The highest BCUT2D eigenvalue weighted by Gasteiger charge is 2.17. The number of carbonyl (C=O) groups is 1. The number of fused-ring (bicyclic) bond motifs is 1. The largest absolute Gasteiger partial charge is 0.496 e. The molecule has 4 nitrogen and oxygen atoms in total. The summed E-state index contributed by atoms with van der Waals surface area (Å²) < 4.78 is 5.25. The molecule has 132 valence electrons. The third-order valence-electron chi connectivity index (χ3n) is 4.73. The van der Waals surface area contributed by atoms with Gasteiger partial charge < -0.3 is 15.0 Å². The van der Waals surface area contributed by atoms with Crippen LogP contribution in [0.15, 0.2) is 42.5 Å². The molecule has 1 aliphatic rings. The van der Waals surface area contributed by atoms with E-state index in [-0.39, 0.29) is 5.91 Å². The maximum absolute atomic E-state index is 12.1. The zero-order chi connectivity index (χ0) is 17.6. The van der Waals surface area contributed by atoms with Gasteiger partial charge in [0.05, 0.1) is 13.5 Å². The highest BCUT2D eigenvalue weighted by atomic mass is 16.5. The molecule has 1 heterocycles. The molecule has 0 radical (unpaired) electrons. The maximum Gasteiger partial charge on any atom is 0.224 e. The fourth-order valence-corrected chi connectivity index (χ4v) is 3.43. The molecule has 0 saturated heterocycles. The maximum atomic E-state index is 12.1. The Labute approximate surface area is 149 Å². The van der Waals surface area contributed by atoms with Crippen molar-refractivity contribution in [3.63, 3.8) is 0 Å². The average Bonchev–Trinajstić information content (AvgIpc) is 3.02. The number of nitrogens with zero attached hydrogens (tertiary/aromatic N) is 1. The van der Waals surface area contributed by atoms with Crippen LogP contribution in [0.5, 0.6) is 5.75 Å². The van der Waals surface area contributed by atoms with Gasteiger partial charge in [-0.2, -0.15) is 0 Å². The van der Waals surface area contributed by atoms with E-state index in [0.717, 1.165) is 42.8 Å². The summed E-state index contributed by atoms with van der Waals surface area (Å²) in [5.41, 5.74) is 4.86. The number of hydrogen-bond acceptors (Lipinski definition) is 3. The first-order valence-electron chi connectivity index (χ1n) is 8.90. The van der Waals surface area contributed by atoms with Crippen LogP contribution < -0.4 is 15.0 Å². The molecule has 2 aromatic carbocycles. The molecular weight excluding hydrogens is 312 g/mol. The van der Waals surface area contributed by atoms with Crippen LogP contribution >= 0.6 is 0 Å². The number of nitrogens with one attached hydrogen (secondary N) is 1. The lowest BCUT2D eigenvalue weighted by Gasteiger charge is -2.19. The number of hydrogen-bond donors (Lipinski definition) is 1. The fraction of sp³-hybridized carbons (Fsp3) is 0.381. The summed E-state index contributed by atoms with van der Waals surface area (Å²) in [4.78, 5) is 14.5. The number of para-hydroxylation sites is 1. The number of benzene rings is 2. The minimum Gasteiger partial charge on any atom is -0.496 e. The third-order valence-corrected chi connectivity index (χ3v) is 4.73. The zero-order valence-corrected chi connectivity index (χ0v) is 15.0. The van der Waals surface area contributed by atoms with Crippen LogP contribution in [0, 0.1) is 6.92 Å². The smallest absolute Gasteiger partial charge is 0.224 e. The Hall–Kier alpha value is -2.49. The Morgan fingerprint density at radius 3 is 2.88 bits per heavy atom. The molecular formula is C21H26N2O2. The molecule has 0 bridgehead atoms.